The van der Waals surface area contributed by atoms with E-state index in [2.05, 4.69) is 19.2 Å². The molecule has 1 heterocycles. The van der Waals surface area contributed by atoms with E-state index in [9.17, 15) is 0 Å². The van der Waals surface area contributed by atoms with Crippen LogP contribution in [0.2, 0.25) is 0 Å². The molecule has 0 radical (unpaired) electrons. The van der Waals surface area contributed by atoms with E-state index < -0.39 is 0 Å². The van der Waals surface area contributed by atoms with Crippen LogP contribution in [0.4, 0.5) is 0 Å². The van der Waals surface area contributed by atoms with Gasteiger partial charge < -0.3 is 19.2 Å². The molecule has 1 aromatic carbocycles. The highest BCUT2D eigenvalue weighted by atomic mass is 16.5. The van der Waals surface area contributed by atoms with Crippen molar-refractivity contribution in [3.63, 3.8) is 0 Å². The molecule has 0 aliphatic carbocycles. The first-order valence-electron chi connectivity index (χ1n) is 7.22. The van der Waals surface area contributed by atoms with E-state index in [1.165, 1.54) is 0 Å². The molecule has 0 fully saturated rings. The van der Waals surface area contributed by atoms with Crippen molar-refractivity contribution in [3.8, 4) is 5.75 Å². The normalized spacial score (nSPS) is 10.8. The summed E-state index contributed by atoms with van der Waals surface area (Å²) < 4.78 is 16.7. The van der Waals surface area contributed by atoms with Crippen LogP contribution in [-0.4, -0.2) is 13.7 Å². The molecule has 0 spiro atoms. The number of methoxy groups -OCH3 is 1. The van der Waals surface area contributed by atoms with Gasteiger partial charge in [-0.2, -0.15) is 0 Å². The van der Waals surface area contributed by atoms with Crippen LogP contribution < -0.4 is 10.1 Å². The van der Waals surface area contributed by atoms with Crippen molar-refractivity contribution in [2.45, 2.75) is 33.6 Å². The number of hydrogen-bond acceptors (Lipinski definition) is 4. The summed E-state index contributed by atoms with van der Waals surface area (Å²) in [6.45, 7) is 6.85. The van der Waals surface area contributed by atoms with E-state index in [-0.39, 0.29) is 0 Å². The van der Waals surface area contributed by atoms with Gasteiger partial charge in [-0.3, -0.25) is 0 Å². The summed E-state index contributed by atoms with van der Waals surface area (Å²) >= 11 is 0. The molecule has 21 heavy (non-hydrogen) atoms. The van der Waals surface area contributed by atoms with Gasteiger partial charge in [-0.25, -0.2) is 0 Å². The zero-order valence-electron chi connectivity index (χ0n) is 12.9. The molecule has 2 rings (SSSR count). The SMILES string of the molecule is CCNCc1oc(COCc2cccc(OC)c2)cc1C. The quantitative estimate of drug-likeness (QED) is 0.808. The van der Waals surface area contributed by atoms with E-state index in [1.807, 2.05) is 30.3 Å². The minimum atomic E-state index is 0.476. The molecule has 114 valence electrons. The molecular formula is C17H23NO3. The van der Waals surface area contributed by atoms with Gasteiger partial charge in [-0.15, -0.1) is 0 Å². The molecule has 0 amide bonds. The molecule has 0 bridgehead atoms. The molecular weight excluding hydrogens is 266 g/mol. The zero-order valence-corrected chi connectivity index (χ0v) is 12.9. The lowest BCUT2D eigenvalue weighted by molar-refractivity contribution is 0.0918. The van der Waals surface area contributed by atoms with E-state index in [0.29, 0.717) is 13.2 Å². The fraction of sp³-hybridized carbons (Fsp3) is 0.412. The highest BCUT2D eigenvalue weighted by Crippen LogP contribution is 2.17. The molecule has 2 aromatic rings. The van der Waals surface area contributed by atoms with Gasteiger partial charge in [0.2, 0.25) is 0 Å². The molecule has 1 aromatic heterocycles. The Labute approximate surface area is 126 Å². The number of ether oxygens (including phenoxy) is 2. The third kappa shape index (κ3) is 4.62. The second kappa shape index (κ2) is 7.86. The molecule has 4 heteroatoms. The minimum absolute atomic E-state index is 0.476. The molecule has 0 aliphatic heterocycles. The Hall–Kier alpha value is -1.78. The topological polar surface area (TPSA) is 43.6 Å². The monoisotopic (exact) mass is 289 g/mol. The van der Waals surface area contributed by atoms with Crippen molar-refractivity contribution >= 4 is 0 Å². The number of hydrogen-bond donors (Lipinski definition) is 1. The Kier molecular flexibility index (Phi) is 5.84. The third-order valence-electron chi connectivity index (χ3n) is 3.25. The number of benzene rings is 1. The van der Waals surface area contributed by atoms with Crippen LogP contribution >= 0.6 is 0 Å². The summed E-state index contributed by atoms with van der Waals surface area (Å²) in [4.78, 5) is 0. The fourth-order valence-electron chi connectivity index (χ4n) is 2.11. The van der Waals surface area contributed by atoms with Crippen LogP contribution in [0.25, 0.3) is 0 Å². The second-order valence-corrected chi connectivity index (χ2v) is 4.94. The lowest BCUT2D eigenvalue weighted by Crippen LogP contribution is -2.11. The smallest absolute Gasteiger partial charge is 0.130 e. The Morgan fingerprint density at radius 3 is 2.81 bits per heavy atom. The van der Waals surface area contributed by atoms with E-state index in [4.69, 9.17) is 13.9 Å². The van der Waals surface area contributed by atoms with E-state index >= 15 is 0 Å². The minimum Gasteiger partial charge on any atom is -0.497 e. The summed E-state index contributed by atoms with van der Waals surface area (Å²) in [7, 11) is 1.66. The van der Waals surface area contributed by atoms with E-state index in [0.717, 1.165) is 41.5 Å². The lowest BCUT2D eigenvalue weighted by Gasteiger charge is -2.05. The van der Waals surface area contributed by atoms with Crippen molar-refractivity contribution in [1.29, 1.82) is 0 Å². The first-order valence-corrected chi connectivity index (χ1v) is 7.22. The van der Waals surface area contributed by atoms with Crippen molar-refractivity contribution in [1.82, 2.24) is 5.32 Å². The summed E-state index contributed by atoms with van der Waals surface area (Å²) in [6.07, 6.45) is 0. The molecule has 0 aliphatic rings. The maximum atomic E-state index is 5.79. The largest absolute Gasteiger partial charge is 0.497 e. The van der Waals surface area contributed by atoms with Crippen LogP contribution in [0.15, 0.2) is 34.7 Å². The third-order valence-corrected chi connectivity index (χ3v) is 3.25. The van der Waals surface area contributed by atoms with Crippen LogP contribution in [-0.2, 0) is 24.5 Å². The zero-order chi connectivity index (χ0) is 15.1. The summed E-state index contributed by atoms with van der Waals surface area (Å²) in [5.74, 6) is 2.69. The fourth-order valence-corrected chi connectivity index (χ4v) is 2.11. The van der Waals surface area contributed by atoms with Crippen molar-refractivity contribution in [3.05, 3.63) is 53.0 Å². The highest BCUT2D eigenvalue weighted by Gasteiger charge is 2.07. The van der Waals surface area contributed by atoms with Gasteiger partial charge in [0, 0.05) is 0 Å². The number of aryl methyl sites for hydroxylation is 1. The standard InChI is InChI=1S/C17H23NO3/c1-4-18-10-17-13(2)8-16(21-17)12-20-11-14-6-5-7-15(9-14)19-3/h5-9,18H,4,10-12H2,1-3H3. The summed E-state index contributed by atoms with van der Waals surface area (Å²) in [5, 5.41) is 3.26. The van der Waals surface area contributed by atoms with Gasteiger partial charge in [-0.1, -0.05) is 19.1 Å². The molecule has 1 N–H and O–H groups in total. The predicted octanol–water partition coefficient (Wildman–Crippen LogP) is 3.42. The average molecular weight is 289 g/mol. The maximum absolute atomic E-state index is 5.79. The Morgan fingerprint density at radius 1 is 1.19 bits per heavy atom. The second-order valence-electron chi connectivity index (χ2n) is 4.94. The van der Waals surface area contributed by atoms with Crippen molar-refractivity contribution in [2.24, 2.45) is 0 Å². The number of furan rings is 1. The van der Waals surface area contributed by atoms with Gasteiger partial charge >= 0.3 is 0 Å². The van der Waals surface area contributed by atoms with Gasteiger partial charge in [0.1, 0.15) is 23.9 Å². The lowest BCUT2D eigenvalue weighted by atomic mass is 10.2. The first kappa shape index (κ1) is 15.6. The van der Waals surface area contributed by atoms with Crippen LogP contribution in [0, 0.1) is 6.92 Å². The van der Waals surface area contributed by atoms with Crippen molar-refractivity contribution < 1.29 is 13.9 Å². The predicted molar refractivity (Wildman–Crippen MR) is 82.3 cm³/mol. The van der Waals surface area contributed by atoms with Gasteiger partial charge in [0.25, 0.3) is 0 Å². The molecule has 0 atom stereocenters. The molecule has 0 saturated carbocycles. The van der Waals surface area contributed by atoms with Gasteiger partial charge in [0.15, 0.2) is 0 Å². The number of nitrogens with one attached hydrogen (secondary N) is 1. The van der Waals surface area contributed by atoms with E-state index in [1.54, 1.807) is 7.11 Å². The highest BCUT2D eigenvalue weighted by molar-refractivity contribution is 5.28. The van der Waals surface area contributed by atoms with Gasteiger partial charge in [-0.05, 0) is 42.8 Å². The van der Waals surface area contributed by atoms with Crippen molar-refractivity contribution in [2.75, 3.05) is 13.7 Å². The van der Waals surface area contributed by atoms with Crippen LogP contribution in [0.3, 0.4) is 0 Å². The maximum Gasteiger partial charge on any atom is 0.130 e. The Morgan fingerprint density at radius 2 is 2.05 bits per heavy atom. The Balaban J connectivity index is 1.85. The van der Waals surface area contributed by atoms with Crippen LogP contribution in [0.5, 0.6) is 5.75 Å². The average Bonchev–Trinajstić information content (AvgIpc) is 2.85. The Bertz CT molecular complexity index is 563. The molecule has 0 unspecified atom stereocenters. The molecule has 0 saturated heterocycles. The summed E-state index contributed by atoms with van der Waals surface area (Å²) in [5.41, 5.74) is 2.25. The first-order chi connectivity index (χ1) is 10.2. The summed E-state index contributed by atoms with van der Waals surface area (Å²) in [6, 6.07) is 9.92. The van der Waals surface area contributed by atoms with Gasteiger partial charge in [0.05, 0.1) is 20.3 Å². The molecule has 4 nitrogen and oxygen atoms in total. The number of rotatable bonds is 8. The van der Waals surface area contributed by atoms with Crippen LogP contribution in [0.1, 0.15) is 29.6 Å².